The molecule has 0 N–H and O–H groups in total. The summed E-state index contributed by atoms with van der Waals surface area (Å²) in [5.74, 6) is -0.206. The summed E-state index contributed by atoms with van der Waals surface area (Å²) >= 11 is 0. The fourth-order valence-electron chi connectivity index (χ4n) is 2.60. The molecular formula is C16H20O2. The van der Waals surface area contributed by atoms with E-state index in [0.717, 1.165) is 37.7 Å². The minimum Gasteiger partial charge on any atom is -0.455 e. The number of benzene rings is 1. The average molecular weight is 244 g/mol. The smallest absolute Gasteiger partial charge is 0.338 e. The Morgan fingerprint density at radius 3 is 2.78 bits per heavy atom. The van der Waals surface area contributed by atoms with Gasteiger partial charge in [0.1, 0.15) is 5.60 Å². The minimum absolute atomic E-state index is 0.206. The lowest BCUT2D eigenvalue weighted by molar-refractivity contribution is -0.0172. The maximum Gasteiger partial charge on any atom is 0.338 e. The molecule has 0 amide bonds. The van der Waals surface area contributed by atoms with E-state index in [1.54, 1.807) is 12.1 Å². The molecular weight excluding hydrogens is 224 g/mol. The van der Waals surface area contributed by atoms with Gasteiger partial charge in [0.2, 0.25) is 0 Å². The first-order valence-corrected chi connectivity index (χ1v) is 6.65. The Kier molecular flexibility index (Phi) is 3.85. The maximum absolute atomic E-state index is 12.2. The second-order valence-electron chi connectivity index (χ2n) is 4.96. The Morgan fingerprint density at radius 2 is 2.17 bits per heavy atom. The van der Waals surface area contributed by atoms with Crippen LogP contribution in [0.5, 0.6) is 0 Å². The number of rotatable bonds is 4. The topological polar surface area (TPSA) is 26.3 Å². The maximum atomic E-state index is 12.2. The molecule has 2 nitrogen and oxygen atoms in total. The highest BCUT2D eigenvalue weighted by Crippen LogP contribution is 2.36. The molecule has 2 rings (SSSR count). The summed E-state index contributed by atoms with van der Waals surface area (Å²) in [5.41, 5.74) is 1.34. The first-order valence-electron chi connectivity index (χ1n) is 6.65. The molecule has 0 saturated heterocycles. The molecule has 0 aromatic heterocycles. The summed E-state index contributed by atoms with van der Waals surface area (Å²) in [4.78, 5) is 12.2. The number of ether oxygens (including phenoxy) is 1. The van der Waals surface area contributed by atoms with Gasteiger partial charge in [-0.2, -0.15) is 0 Å². The highest BCUT2D eigenvalue weighted by molar-refractivity contribution is 5.90. The van der Waals surface area contributed by atoms with Crippen LogP contribution in [0.2, 0.25) is 0 Å². The second kappa shape index (κ2) is 5.38. The van der Waals surface area contributed by atoms with Gasteiger partial charge < -0.3 is 4.74 Å². The zero-order valence-electron chi connectivity index (χ0n) is 10.9. The van der Waals surface area contributed by atoms with Crippen LogP contribution in [0.3, 0.4) is 0 Å². The van der Waals surface area contributed by atoms with Crippen LogP contribution in [0, 0.1) is 0 Å². The number of carbonyl (C=O) groups excluding carboxylic acids is 1. The molecule has 0 unspecified atom stereocenters. The van der Waals surface area contributed by atoms with Gasteiger partial charge in [-0.15, -0.1) is 0 Å². The number of hydrogen-bond donors (Lipinski definition) is 0. The van der Waals surface area contributed by atoms with Crippen molar-refractivity contribution in [1.82, 2.24) is 0 Å². The Labute approximate surface area is 109 Å². The van der Waals surface area contributed by atoms with Gasteiger partial charge in [-0.3, -0.25) is 0 Å². The predicted octanol–water partition coefficient (Wildman–Crippen LogP) is 4.21. The van der Waals surface area contributed by atoms with Gasteiger partial charge in [0, 0.05) is 0 Å². The molecule has 2 heteroatoms. The van der Waals surface area contributed by atoms with Crippen LogP contribution in [0.1, 0.15) is 54.9 Å². The van der Waals surface area contributed by atoms with Crippen molar-refractivity contribution in [2.24, 2.45) is 0 Å². The molecule has 0 spiro atoms. The molecule has 18 heavy (non-hydrogen) atoms. The first kappa shape index (κ1) is 12.9. The number of esters is 1. The quantitative estimate of drug-likeness (QED) is 0.742. The lowest BCUT2D eigenvalue weighted by Gasteiger charge is -2.27. The summed E-state index contributed by atoms with van der Waals surface area (Å²) in [5, 5.41) is 0. The highest BCUT2D eigenvalue weighted by atomic mass is 16.6. The fraction of sp³-hybridized carbons (Fsp3) is 0.438. The third-order valence-corrected chi connectivity index (χ3v) is 3.83. The van der Waals surface area contributed by atoms with E-state index in [4.69, 9.17) is 4.74 Å². The van der Waals surface area contributed by atoms with Crippen molar-refractivity contribution < 1.29 is 9.53 Å². The molecule has 1 aromatic rings. The molecule has 1 aliphatic carbocycles. The zero-order chi connectivity index (χ0) is 13.0. The van der Waals surface area contributed by atoms with Crippen molar-refractivity contribution >= 4 is 12.0 Å². The standard InChI is InChI=1S/C16H20O2/c1-3-13-8-7-9-14(12-13)15(17)18-16(4-2)10-5-6-11-16/h3,7-9,12H,1,4-6,10-11H2,2H3. The number of hydrogen-bond acceptors (Lipinski definition) is 2. The largest absolute Gasteiger partial charge is 0.455 e. The summed E-state index contributed by atoms with van der Waals surface area (Å²) in [7, 11) is 0. The summed E-state index contributed by atoms with van der Waals surface area (Å²) < 4.78 is 5.76. The third-order valence-electron chi connectivity index (χ3n) is 3.83. The van der Waals surface area contributed by atoms with Crippen LogP contribution >= 0.6 is 0 Å². The van der Waals surface area contributed by atoms with Gasteiger partial charge in [-0.1, -0.05) is 31.7 Å². The molecule has 1 aliphatic rings. The molecule has 0 aliphatic heterocycles. The zero-order valence-corrected chi connectivity index (χ0v) is 10.9. The normalized spacial score (nSPS) is 17.4. The van der Waals surface area contributed by atoms with Gasteiger partial charge in [0.05, 0.1) is 5.56 Å². The fourth-order valence-corrected chi connectivity index (χ4v) is 2.60. The summed E-state index contributed by atoms with van der Waals surface area (Å²) in [6, 6.07) is 7.41. The van der Waals surface area contributed by atoms with Gasteiger partial charge >= 0.3 is 5.97 Å². The van der Waals surface area contributed by atoms with E-state index in [2.05, 4.69) is 13.5 Å². The molecule has 1 saturated carbocycles. The van der Waals surface area contributed by atoms with E-state index in [0.29, 0.717) is 5.56 Å². The summed E-state index contributed by atoms with van der Waals surface area (Å²) in [6.07, 6.45) is 6.95. The van der Waals surface area contributed by atoms with Gasteiger partial charge in [-0.25, -0.2) is 4.79 Å². The third kappa shape index (κ3) is 2.63. The Balaban J connectivity index is 2.13. The predicted molar refractivity (Wildman–Crippen MR) is 73.4 cm³/mol. The van der Waals surface area contributed by atoms with Crippen LogP contribution in [0.4, 0.5) is 0 Å². The highest BCUT2D eigenvalue weighted by Gasteiger charge is 2.36. The van der Waals surface area contributed by atoms with Crippen LogP contribution in [0.25, 0.3) is 6.08 Å². The summed E-state index contributed by atoms with van der Waals surface area (Å²) in [6.45, 7) is 5.81. The van der Waals surface area contributed by atoms with Crippen molar-refractivity contribution in [2.75, 3.05) is 0 Å². The van der Waals surface area contributed by atoms with Crippen molar-refractivity contribution in [1.29, 1.82) is 0 Å². The van der Waals surface area contributed by atoms with Gasteiger partial charge in [0.25, 0.3) is 0 Å². The molecule has 1 aromatic carbocycles. The van der Waals surface area contributed by atoms with Crippen molar-refractivity contribution in [3.63, 3.8) is 0 Å². The average Bonchev–Trinajstić information content (AvgIpc) is 2.88. The van der Waals surface area contributed by atoms with E-state index in [1.165, 1.54) is 0 Å². The molecule has 96 valence electrons. The molecule has 1 fully saturated rings. The van der Waals surface area contributed by atoms with Crippen molar-refractivity contribution in [3.05, 3.63) is 42.0 Å². The van der Waals surface area contributed by atoms with E-state index < -0.39 is 0 Å². The van der Waals surface area contributed by atoms with Gasteiger partial charge in [0.15, 0.2) is 0 Å². The lowest BCUT2D eigenvalue weighted by atomic mass is 9.98. The van der Waals surface area contributed by atoms with E-state index in [1.807, 2.05) is 18.2 Å². The Morgan fingerprint density at radius 1 is 1.44 bits per heavy atom. The van der Waals surface area contributed by atoms with Crippen molar-refractivity contribution in [3.8, 4) is 0 Å². The van der Waals surface area contributed by atoms with E-state index >= 15 is 0 Å². The molecule has 0 radical (unpaired) electrons. The van der Waals surface area contributed by atoms with Crippen molar-refractivity contribution in [2.45, 2.75) is 44.6 Å². The van der Waals surface area contributed by atoms with Crippen LogP contribution < -0.4 is 0 Å². The molecule has 0 atom stereocenters. The van der Waals surface area contributed by atoms with Crippen LogP contribution in [-0.2, 0) is 4.74 Å². The SMILES string of the molecule is C=Cc1cccc(C(=O)OC2(CC)CCCC2)c1. The minimum atomic E-state index is -0.221. The number of carbonyl (C=O) groups is 1. The monoisotopic (exact) mass is 244 g/mol. The molecule has 0 bridgehead atoms. The van der Waals surface area contributed by atoms with Gasteiger partial charge in [-0.05, 0) is 49.8 Å². The van der Waals surface area contributed by atoms with Crippen LogP contribution in [0.15, 0.2) is 30.8 Å². The Bertz CT molecular complexity index is 442. The van der Waals surface area contributed by atoms with E-state index in [9.17, 15) is 4.79 Å². The first-order chi connectivity index (χ1) is 8.69. The second-order valence-corrected chi connectivity index (χ2v) is 4.96. The van der Waals surface area contributed by atoms with E-state index in [-0.39, 0.29) is 11.6 Å². The van der Waals surface area contributed by atoms with Crippen LogP contribution in [-0.4, -0.2) is 11.6 Å². The Hall–Kier alpha value is -1.57. The lowest BCUT2D eigenvalue weighted by Crippen LogP contribution is -2.31. The molecule has 0 heterocycles.